The number of carboxylic acid groups (broad SMARTS) is 1. The van der Waals surface area contributed by atoms with Gasteiger partial charge in [0.05, 0.1) is 31.4 Å². The summed E-state index contributed by atoms with van der Waals surface area (Å²) >= 11 is 6.49. The van der Waals surface area contributed by atoms with Gasteiger partial charge < -0.3 is 37.8 Å². The number of carbonyl (C=O) groups excluding carboxylic acids is 1. The van der Waals surface area contributed by atoms with Gasteiger partial charge in [-0.15, -0.1) is 0 Å². The van der Waals surface area contributed by atoms with E-state index in [1.165, 1.54) is 15.8 Å². The van der Waals surface area contributed by atoms with Gasteiger partial charge in [0.1, 0.15) is 23.9 Å². The van der Waals surface area contributed by atoms with Crippen molar-refractivity contribution < 1.29 is 52.0 Å². The molecule has 0 spiro atoms. The van der Waals surface area contributed by atoms with Crippen LogP contribution >= 0.6 is 19.2 Å². The molecule has 1 amide bonds. The summed E-state index contributed by atoms with van der Waals surface area (Å²) in [6, 6.07) is -0.161. The number of ether oxygens (including phenoxy) is 5. The summed E-state index contributed by atoms with van der Waals surface area (Å²) in [6.45, 7) is 12.6. The standard InChI is InChI=1S/C30H45ClN5O11P/c1-9-42-48(40,43-10-2)30(8,25(37)38)41-16-19-20-21(46-29(6,7)45-20)24(44-19)36-23-18(15-32-36)22(33-26(31)34-23)35(17-13-11-12-14-17)27(39)47-28(3,4)5/h15,17,19-21,24H,9-14,16H2,1-8H3,(H,37,38)/t19-,20-,21-,24-,30?/m1/s1. The third-order valence-electron chi connectivity index (χ3n) is 8.33. The van der Waals surface area contributed by atoms with E-state index in [4.69, 9.17) is 44.3 Å². The topological polar surface area (TPSA) is 183 Å². The molecule has 4 heterocycles. The normalized spacial score (nSPS) is 25.7. The molecule has 2 aliphatic heterocycles. The fourth-order valence-corrected chi connectivity index (χ4v) is 8.13. The van der Waals surface area contributed by atoms with Gasteiger partial charge in [-0.05, 0) is 79.8 Å². The van der Waals surface area contributed by atoms with Crippen LogP contribution in [0.25, 0.3) is 11.0 Å². The van der Waals surface area contributed by atoms with Gasteiger partial charge >= 0.3 is 19.7 Å². The largest absolute Gasteiger partial charge is 0.479 e. The predicted octanol–water partition coefficient (Wildman–Crippen LogP) is 5.66. The summed E-state index contributed by atoms with van der Waals surface area (Å²) in [4.78, 5) is 36.5. The van der Waals surface area contributed by atoms with Gasteiger partial charge in [-0.1, -0.05) is 12.8 Å². The molecular weight excluding hydrogens is 673 g/mol. The minimum atomic E-state index is -4.30. The fourth-order valence-electron chi connectivity index (χ4n) is 6.25. The second-order valence-electron chi connectivity index (χ2n) is 13.5. The monoisotopic (exact) mass is 717 g/mol. The molecular formula is C30H45ClN5O11P. The second-order valence-corrected chi connectivity index (χ2v) is 16.2. The number of nitrogens with zero attached hydrogens (tertiary/aromatic N) is 5. The van der Waals surface area contributed by atoms with Crippen molar-refractivity contribution in [3.63, 3.8) is 0 Å². The van der Waals surface area contributed by atoms with Crippen LogP contribution < -0.4 is 4.90 Å². The molecule has 2 aromatic rings. The maximum Gasteiger partial charge on any atom is 0.416 e. The molecule has 3 aliphatic rings. The van der Waals surface area contributed by atoms with E-state index in [1.54, 1.807) is 48.5 Å². The molecule has 1 aliphatic carbocycles. The number of hydrogen-bond acceptors (Lipinski definition) is 13. The van der Waals surface area contributed by atoms with E-state index in [0.717, 1.165) is 32.6 Å². The molecule has 0 radical (unpaired) electrons. The smallest absolute Gasteiger partial charge is 0.416 e. The first-order valence-corrected chi connectivity index (χ1v) is 18.1. The van der Waals surface area contributed by atoms with Crippen molar-refractivity contribution >= 4 is 48.1 Å². The molecule has 1 N–H and O–H groups in total. The molecule has 48 heavy (non-hydrogen) atoms. The van der Waals surface area contributed by atoms with E-state index in [0.29, 0.717) is 5.39 Å². The number of carboxylic acids is 1. The number of aromatic nitrogens is 4. The third-order valence-corrected chi connectivity index (χ3v) is 11.1. The minimum Gasteiger partial charge on any atom is -0.479 e. The van der Waals surface area contributed by atoms with E-state index in [1.807, 2.05) is 0 Å². The van der Waals surface area contributed by atoms with Crippen LogP contribution in [0.3, 0.4) is 0 Å². The van der Waals surface area contributed by atoms with Crippen LogP contribution in [0, 0.1) is 0 Å². The summed E-state index contributed by atoms with van der Waals surface area (Å²) in [7, 11) is -4.30. The minimum absolute atomic E-state index is 0.0633. The van der Waals surface area contributed by atoms with E-state index >= 15 is 0 Å². The van der Waals surface area contributed by atoms with Crippen molar-refractivity contribution in [2.75, 3.05) is 24.7 Å². The Labute approximate surface area is 284 Å². The van der Waals surface area contributed by atoms with Crippen LogP contribution in [-0.2, 0) is 42.1 Å². The summed E-state index contributed by atoms with van der Waals surface area (Å²) in [6.07, 6.45) is 1.03. The number of anilines is 1. The van der Waals surface area contributed by atoms with E-state index < -0.39 is 60.9 Å². The number of aliphatic carboxylic acids is 1. The van der Waals surface area contributed by atoms with Gasteiger partial charge in [-0.25, -0.2) is 14.3 Å². The summed E-state index contributed by atoms with van der Waals surface area (Å²) in [5, 5.41) is 12.7. The maximum absolute atomic E-state index is 13.6. The van der Waals surface area contributed by atoms with E-state index in [2.05, 4.69) is 15.1 Å². The Morgan fingerprint density at radius 2 is 1.73 bits per heavy atom. The second kappa shape index (κ2) is 13.7. The number of carbonyl (C=O) groups is 2. The van der Waals surface area contributed by atoms with E-state index in [9.17, 15) is 19.3 Å². The molecule has 0 aromatic carbocycles. The average molecular weight is 718 g/mol. The summed E-state index contributed by atoms with van der Waals surface area (Å²) < 4.78 is 56.2. The Morgan fingerprint density at radius 3 is 2.31 bits per heavy atom. The SMILES string of the molecule is CCOP(=O)(OCC)C(C)(OC[C@H]1O[C@@H](n2ncc3c(N(C(=O)OC(C)(C)C)C4CCCC4)nc(Cl)nc32)[C@@H]2OC(C)(C)O[C@@H]21)C(=O)O. The highest BCUT2D eigenvalue weighted by Gasteiger charge is 2.60. The van der Waals surface area contributed by atoms with Crippen molar-refractivity contribution in [1.82, 2.24) is 19.7 Å². The van der Waals surface area contributed by atoms with Gasteiger partial charge in [-0.2, -0.15) is 15.1 Å². The zero-order chi connectivity index (χ0) is 35.2. The Balaban J connectivity index is 1.50. The highest BCUT2D eigenvalue weighted by atomic mass is 35.5. The van der Waals surface area contributed by atoms with Gasteiger partial charge in [-0.3, -0.25) is 9.46 Å². The van der Waals surface area contributed by atoms with Crippen molar-refractivity contribution in [2.24, 2.45) is 0 Å². The number of fused-ring (bicyclic) bond motifs is 2. The summed E-state index contributed by atoms with van der Waals surface area (Å²) in [5.41, 5.74) is -0.483. The molecule has 3 fully saturated rings. The van der Waals surface area contributed by atoms with Crippen LogP contribution in [0.1, 0.15) is 87.3 Å². The molecule has 1 saturated carbocycles. The average Bonchev–Trinajstić information content (AvgIpc) is 3.75. The molecule has 5 rings (SSSR count). The molecule has 2 aromatic heterocycles. The first kappa shape index (κ1) is 36.8. The molecule has 18 heteroatoms. The lowest BCUT2D eigenvalue weighted by atomic mass is 10.1. The number of hydrogen-bond donors (Lipinski definition) is 1. The molecule has 16 nitrogen and oxygen atoms in total. The third kappa shape index (κ3) is 7.08. The lowest BCUT2D eigenvalue weighted by Crippen LogP contribution is -2.43. The van der Waals surface area contributed by atoms with Crippen LogP contribution in [0.4, 0.5) is 10.6 Å². The van der Waals surface area contributed by atoms with Gasteiger partial charge in [0.2, 0.25) is 5.28 Å². The lowest BCUT2D eigenvalue weighted by Gasteiger charge is -2.33. The van der Waals surface area contributed by atoms with Crippen LogP contribution in [0.15, 0.2) is 6.20 Å². The molecule has 0 bridgehead atoms. The first-order chi connectivity index (χ1) is 22.4. The molecule has 2 saturated heterocycles. The van der Waals surface area contributed by atoms with Gasteiger partial charge in [0.25, 0.3) is 5.34 Å². The highest BCUT2D eigenvalue weighted by Crippen LogP contribution is 2.61. The van der Waals surface area contributed by atoms with E-state index in [-0.39, 0.29) is 42.6 Å². The lowest BCUT2D eigenvalue weighted by molar-refractivity contribution is -0.207. The quantitative estimate of drug-likeness (QED) is 0.209. The Bertz CT molecular complexity index is 1550. The molecule has 268 valence electrons. The van der Waals surface area contributed by atoms with Crippen LogP contribution in [0.2, 0.25) is 5.28 Å². The summed E-state index contributed by atoms with van der Waals surface area (Å²) in [5.74, 6) is -2.32. The van der Waals surface area contributed by atoms with Crippen molar-refractivity contribution in [3.8, 4) is 0 Å². The van der Waals surface area contributed by atoms with Crippen molar-refractivity contribution in [1.29, 1.82) is 0 Å². The Hall–Kier alpha value is -2.43. The predicted molar refractivity (Wildman–Crippen MR) is 172 cm³/mol. The zero-order valence-corrected chi connectivity index (χ0v) is 30.2. The Kier molecular flexibility index (Phi) is 10.5. The van der Waals surface area contributed by atoms with Gasteiger partial charge in [0.15, 0.2) is 23.5 Å². The zero-order valence-electron chi connectivity index (χ0n) is 28.5. The highest BCUT2D eigenvalue weighted by molar-refractivity contribution is 7.56. The van der Waals surface area contributed by atoms with Crippen molar-refractivity contribution in [3.05, 3.63) is 11.5 Å². The number of halogens is 1. The first-order valence-electron chi connectivity index (χ1n) is 16.1. The number of rotatable bonds is 12. The number of amides is 1. The van der Waals surface area contributed by atoms with Crippen molar-refractivity contribution in [2.45, 2.75) is 128 Å². The molecule has 1 unspecified atom stereocenters. The molecule has 5 atom stereocenters. The van der Waals surface area contributed by atoms with Gasteiger partial charge in [0, 0.05) is 6.04 Å². The maximum atomic E-state index is 13.6. The fraction of sp³-hybridized carbons (Fsp3) is 0.767. The van der Waals surface area contributed by atoms with Crippen LogP contribution in [0.5, 0.6) is 0 Å². The van der Waals surface area contributed by atoms with Crippen LogP contribution in [-0.4, -0.2) is 97.8 Å². The Morgan fingerprint density at radius 1 is 1.10 bits per heavy atom.